The number of ether oxygens (including phenoxy) is 1. The van der Waals surface area contributed by atoms with E-state index in [1.165, 1.54) is 19.4 Å². The minimum atomic E-state index is -0.641. The van der Waals surface area contributed by atoms with Gasteiger partial charge < -0.3 is 9.64 Å². The molecule has 0 amide bonds. The van der Waals surface area contributed by atoms with E-state index < -0.39 is 10.9 Å². The summed E-state index contributed by atoms with van der Waals surface area (Å²) in [5.41, 5.74) is 0.947. The largest absolute Gasteiger partial charge is 0.465 e. The van der Waals surface area contributed by atoms with E-state index in [2.05, 4.69) is 25.0 Å². The summed E-state index contributed by atoms with van der Waals surface area (Å²) in [5, 5.41) is 14.6. The first-order chi connectivity index (χ1) is 13.0. The molecule has 9 nitrogen and oxygen atoms in total. The van der Waals surface area contributed by atoms with Gasteiger partial charge in [0.25, 0.3) is 0 Å². The molecule has 10 heteroatoms. The molecule has 0 N–H and O–H groups in total. The number of hydrogen-bond acceptors (Lipinski definition) is 9. The maximum absolute atomic E-state index is 11.6. The Bertz CT molecular complexity index is 840. The number of esters is 1. The van der Waals surface area contributed by atoms with Crippen molar-refractivity contribution in [3.63, 3.8) is 0 Å². The Morgan fingerprint density at radius 3 is 2.85 bits per heavy atom. The Hall–Kier alpha value is -2.59. The molecule has 1 aliphatic rings. The van der Waals surface area contributed by atoms with Gasteiger partial charge in [-0.3, -0.25) is 15.0 Å². The molecule has 0 bridgehead atoms. The van der Waals surface area contributed by atoms with E-state index in [0.29, 0.717) is 18.9 Å². The van der Waals surface area contributed by atoms with Gasteiger partial charge in [-0.2, -0.15) is 0 Å². The van der Waals surface area contributed by atoms with Crippen LogP contribution in [0.1, 0.15) is 27.5 Å². The predicted octanol–water partition coefficient (Wildman–Crippen LogP) is 2.25. The molecule has 0 atom stereocenters. The number of aromatic nitrogens is 2. The lowest BCUT2D eigenvalue weighted by atomic mass is 10.2. The Balaban J connectivity index is 1.74. The van der Waals surface area contributed by atoms with Crippen LogP contribution in [0.2, 0.25) is 0 Å². The van der Waals surface area contributed by atoms with Gasteiger partial charge in [-0.05, 0) is 13.3 Å². The zero-order valence-electron chi connectivity index (χ0n) is 15.3. The van der Waals surface area contributed by atoms with Crippen molar-refractivity contribution in [1.82, 2.24) is 14.9 Å². The maximum Gasteiger partial charge on any atom is 0.339 e. The lowest BCUT2D eigenvalue weighted by molar-refractivity contribution is -0.384. The normalized spacial score (nSPS) is 15.4. The lowest BCUT2D eigenvalue weighted by Crippen LogP contribution is -2.31. The van der Waals surface area contributed by atoms with E-state index in [4.69, 9.17) is 0 Å². The number of methoxy groups -OCH3 is 1. The number of pyridine rings is 1. The lowest BCUT2D eigenvalue weighted by Gasteiger charge is -2.22. The van der Waals surface area contributed by atoms with Crippen molar-refractivity contribution in [3.8, 4) is 0 Å². The average Bonchev–Trinajstić information content (AvgIpc) is 2.93. The average molecular weight is 391 g/mol. The summed E-state index contributed by atoms with van der Waals surface area (Å²) >= 11 is 1.64. The topological polar surface area (TPSA) is 102 Å². The van der Waals surface area contributed by atoms with Crippen LogP contribution in [0.15, 0.2) is 17.6 Å². The van der Waals surface area contributed by atoms with E-state index in [1.807, 2.05) is 11.8 Å². The number of nitro groups is 1. The van der Waals surface area contributed by atoms with Crippen LogP contribution in [0.3, 0.4) is 0 Å². The Morgan fingerprint density at radius 2 is 2.19 bits per heavy atom. The number of aryl methyl sites for hydroxylation is 1. The van der Waals surface area contributed by atoms with Crippen molar-refractivity contribution >= 4 is 28.8 Å². The van der Waals surface area contributed by atoms with E-state index in [9.17, 15) is 14.9 Å². The third kappa shape index (κ3) is 4.58. The summed E-state index contributed by atoms with van der Waals surface area (Å²) in [5.74, 6) is -0.350. The molecule has 27 heavy (non-hydrogen) atoms. The van der Waals surface area contributed by atoms with Crippen LogP contribution in [-0.2, 0) is 11.3 Å². The van der Waals surface area contributed by atoms with E-state index in [1.54, 1.807) is 11.3 Å². The molecule has 144 valence electrons. The molecule has 0 radical (unpaired) electrons. The first-order valence-electron chi connectivity index (χ1n) is 8.59. The Kier molecular flexibility index (Phi) is 5.97. The van der Waals surface area contributed by atoms with E-state index >= 15 is 0 Å². The van der Waals surface area contributed by atoms with Gasteiger partial charge in [0.05, 0.1) is 28.3 Å². The molecule has 0 aliphatic carbocycles. The Labute approximate surface area is 160 Å². The van der Waals surface area contributed by atoms with Crippen LogP contribution < -0.4 is 4.90 Å². The van der Waals surface area contributed by atoms with Crippen molar-refractivity contribution < 1.29 is 14.5 Å². The van der Waals surface area contributed by atoms with Crippen LogP contribution in [0.25, 0.3) is 0 Å². The highest BCUT2D eigenvalue weighted by Crippen LogP contribution is 2.28. The summed E-state index contributed by atoms with van der Waals surface area (Å²) in [6, 6.07) is 1.23. The number of rotatable bonds is 5. The van der Waals surface area contributed by atoms with Crippen LogP contribution in [-0.4, -0.2) is 59.0 Å². The van der Waals surface area contributed by atoms with Crippen molar-refractivity contribution in [2.75, 3.05) is 38.2 Å². The fraction of sp³-hybridized carbons (Fsp3) is 0.471. The van der Waals surface area contributed by atoms with Gasteiger partial charge in [0.1, 0.15) is 0 Å². The SMILES string of the molecule is COC(=O)c1cnc(N2CCCN(Cc3csc(C)n3)CC2)c([N+](=O)[O-])c1. The van der Waals surface area contributed by atoms with Gasteiger partial charge in [-0.1, -0.05) is 0 Å². The molecule has 1 fully saturated rings. The minimum absolute atomic E-state index is 0.0725. The van der Waals surface area contributed by atoms with Crippen molar-refractivity contribution in [2.45, 2.75) is 19.9 Å². The number of anilines is 1. The van der Waals surface area contributed by atoms with Gasteiger partial charge in [-0.25, -0.2) is 14.8 Å². The summed E-state index contributed by atoms with van der Waals surface area (Å²) in [4.78, 5) is 35.5. The van der Waals surface area contributed by atoms with Gasteiger partial charge in [0, 0.05) is 50.4 Å². The molecule has 1 saturated heterocycles. The standard InChI is InChI=1S/C17H21N5O4S/c1-12-19-14(11-27-12)10-20-4-3-5-21(7-6-20)16-15(22(24)25)8-13(9-18-16)17(23)26-2/h8-9,11H,3-7,10H2,1-2H3. The number of nitrogens with zero attached hydrogens (tertiary/aromatic N) is 5. The van der Waals surface area contributed by atoms with Crippen LogP contribution in [0, 0.1) is 17.0 Å². The number of carbonyl (C=O) groups is 1. The second-order valence-electron chi connectivity index (χ2n) is 6.29. The second-order valence-corrected chi connectivity index (χ2v) is 7.35. The number of carbonyl (C=O) groups excluding carboxylic acids is 1. The molecule has 0 saturated carbocycles. The highest BCUT2D eigenvalue weighted by Gasteiger charge is 2.26. The highest BCUT2D eigenvalue weighted by molar-refractivity contribution is 7.09. The monoisotopic (exact) mass is 391 g/mol. The zero-order chi connectivity index (χ0) is 19.4. The molecule has 2 aromatic heterocycles. The Morgan fingerprint density at radius 1 is 1.37 bits per heavy atom. The molecule has 0 unspecified atom stereocenters. The summed E-state index contributed by atoms with van der Waals surface area (Å²) in [6.45, 7) is 5.69. The molecular formula is C17H21N5O4S. The van der Waals surface area contributed by atoms with Crippen molar-refractivity contribution in [3.05, 3.63) is 44.0 Å². The third-order valence-electron chi connectivity index (χ3n) is 4.41. The van der Waals surface area contributed by atoms with Gasteiger partial charge in [0.2, 0.25) is 5.82 Å². The molecule has 3 rings (SSSR count). The number of thiazole rings is 1. The van der Waals surface area contributed by atoms with E-state index in [0.717, 1.165) is 36.8 Å². The van der Waals surface area contributed by atoms with Crippen molar-refractivity contribution in [1.29, 1.82) is 0 Å². The maximum atomic E-state index is 11.6. The zero-order valence-corrected chi connectivity index (χ0v) is 16.1. The third-order valence-corrected chi connectivity index (χ3v) is 5.23. The molecular weight excluding hydrogens is 370 g/mol. The van der Waals surface area contributed by atoms with Crippen LogP contribution >= 0.6 is 11.3 Å². The van der Waals surface area contributed by atoms with E-state index in [-0.39, 0.29) is 11.3 Å². The fourth-order valence-corrected chi connectivity index (χ4v) is 3.71. The molecule has 0 spiro atoms. The predicted molar refractivity (Wildman–Crippen MR) is 101 cm³/mol. The van der Waals surface area contributed by atoms with Gasteiger partial charge >= 0.3 is 11.7 Å². The first kappa shape index (κ1) is 19.2. The highest BCUT2D eigenvalue weighted by atomic mass is 32.1. The molecule has 2 aromatic rings. The summed E-state index contributed by atoms with van der Waals surface area (Å²) in [7, 11) is 1.23. The van der Waals surface area contributed by atoms with Gasteiger partial charge in [-0.15, -0.1) is 11.3 Å². The fourth-order valence-electron chi connectivity index (χ4n) is 3.10. The minimum Gasteiger partial charge on any atom is -0.465 e. The number of hydrogen-bond donors (Lipinski definition) is 0. The molecule has 3 heterocycles. The van der Waals surface area contributed by atoms with Crippen LogP contribution in [0.4, 0.5) is 11.5 Å². The smallest absolute Gasteiger partial charge is 0.339 e. The quantitative estimate of drug-likeness (QED) is 0.434. The first-order valence-corrected chi connectivity index (χ1v) is 9.47. The van der Waals surface area contributed by atoms with Crippen molar-refractivity contribution in [2.24, 2.45) is 0 Å². The summed E-state index contributed by atoms with van der Waals surface area (Å²) < 4.78 is 4.62. The second kappa shape index (κ2) is 8.40. The molecule has 0 aromatic carbocycles. The molecule has 1 aliphatic heterocycles. The summed E-state index contributed by atoms with van der Waals surface area (Å²) in [6.07, 6.45) is 2.19. The van der Waals surface area contributed by atoms with Gasteiger partial charge in [0.15, 0.2) is 0 Å². The van der Waals surface area contributed by atoms with Crippen LogP contribution in [0.5, 0.6) is 0 Å².